The Hall–Kier alpha value is -1.75. The summed E-state index contributed by atoms with van der Waals surface area (Å²) in [5.74, 6) is -1.95. The number of nitrogens with one attached hydrogen (secondary N) is 1. The fourth-order valence-electron chi connectivity index (χ4n) is 1.42. The highest BCUT2D eigenvalue weighted by Crippen LogP contribution is 2.17. The minimum Gasteiger partial charge on any atom is -0.319 e. The number of benzene rings is 2. The molecule has 1 amide bonds. The lowest BCUT2D eigenvalue weighted by molar-refractivity contribution is 0.102. The summed E-state index contributed by atoms with van der Waals surface area (Å²) in [5, 5.41) is 2.38. The molecule has 0 fully saturated rings. The second-order valence-corrected chi connectivity index (χ2v) is 4.50. The van der Waals surface area contributed by atoms with Gasteiger partial charge in [-0.05, 0) is 30.3 Å². The number of hydrogen-bond acceptors (Lipinski definition) is 1. The number of rotatable bonds is 2. The molecule has 0 aliphatic carbocycles. The van der Waals surface area contributed by atoms with E-state index in [1.165, 1.54) is 6.07 Å². The number of hydrogen-bond donors (Lipinski definition) is 1. The molecule has 2 nitrogen and oxygen atoms in total. The lowest BCUT2D eigenvalue weighted by Gasteiger charge is -2.06. The summed E-state index contributed by atoms with van der Waals surface area (Å²) < 4.78 is 26.8. The van der Waals surface area contributed by atoms with Crippen LogP contribution in [0.1, 0.15) is 10.4 Å². The first kappa shape index (κ1) is 12.7. The maximum absolute atomic E-state index is 13.3. The zero-order valence-electron chi connectivity index (χ0n) is 9.08. The van der Waals surface area contributed by atoms with Crippen LogP contribution in [0.25, 0.3) is 0 Å². The Morgan fingerprint density at radius 3 is 2.56 bits per heavy atom. The van der Waals surface area contributed by atoms with Gasteiger partial charge in [0.15, 0.2) is 0 Å². The largest absolute Gasteiger partial charge is 0.319 e. The first-order valence-electron chi connectivity index (χ1n) is 5.08. The monoisotopic (exact) mass is 311 g/mol. The van der Waals surface area contributed by atoms with E-state index in [0.29, 0.717) is 5.56 Å². The standard InChI is InChI=1S/C13H8BrF2NO/c14-9-3-1-2-8(6-9)13(18)17-12-5-4-10(15)7-11(12)16/h1-7H,(H,17,18). The predicted octanol–water partition coefficient (Wildman–Crippen LogP) is 3.98. The van der Waals surface area contributed by atoms with Crippen molar-refractivity contribution in [2.24, 2.45) is 0 Å². The van der Waals surface area contributed by atoms with Crippen LogP contribution < -0.4 is 5.32 Å². The Labute approximate surface area is 111 Å². The summed E-state index contributed by atoms with van der Waals surface area (Å²) in [4.78, 5) is 11.8. The highest BCUT2D eigenvalue weighted by Gasteiger charge is 2.10. The van der Waals surface area contributed by atoms with Crippen LogP contribution in [0.15, 0.2) is 46.9 Å². The lowest BCUT2D eigenvalue weighted by Crippen LogP contribution is -2.13. The van der Waals surface area contributed by atoms with E-state index in [9.17, 15) is 13.6 Å². The maximum atomic E-state index is 13.3. The molecule has 1 N–H and O–H groups in total. The summed E-state index contributed by atoms with van der Waals surface area (Å²) >= 11 is 3.24. The predicted molar refractivity (Wildman–Crippen MR) is 68.5 cm³/mol. The van der Waals surface area contributed by atoms with Gasteiger partial charge in [-0.3, -0.25) is 4.79 Å². The van der Waals surface area contributed by atoms with Crippen molar-refractivity contribution in [1.29, 1.82) is 0 Å². The Morgan fingerprint density at radius 2 is 1.89 bits per heavy atom. The van der Waals surface area contributed by atoms with Gasteiger partial charge in [0.05, 0.1) is 5.69 Å². The molecule has 0 bridgehead atoms. The molecule has 0 unspecified atom stereocenters. The van der Waals surface area contributed by atoms with Gasteiger partial charge in [0.1, 0.15) is 11.6 Å². The molecule has 0 spiro atoms. The van der Waals surface area contributed by atoms with E-state index in [4.69, 9.17) is 0 Å². The molecule has 0 heterocycles. The molecule has 0 saturated carbocycles. The summed E-state index contributed by atoms with van der Waals surface area (Å²) in [5.41, 5.74) is 0.328. The fraction of sp³-hybridized carbons (Fsp3) is 0. The number of anilines is 1. The average Bonchev–Trinajstić information content (AvgIpc) is 2.32. The summed E-state index contributed by atoms with van der Waals surface area (Å²) in [6, 6.07) is 9.66. The van der Waals surface area contributed by atoms with Crippen molar-refractivity contribution in [3.05, 3.63) is 64.1 Å². The normalized spacial score (nSPS) is 10.2. The molecule has 92 valence electrons. The maximum Gasteiger partial charge on any atom is 0.255 e. The van der Waals surface area contributed by atoms with Crippen LogP contribution in [0.3, 0.4) is 0 Å². The molecule has 0 aliphatic rings. The number of halogens is 3. The van der Waals surface area contributed by atoms with Gasteiger partial charge in [-0.2, -0.15) is 0 Å². The van der Waals surface area contributed by atoms with Crippen molar-refractivity contribution in [1.82, 2.24) is 0 Å². The minimum absolute atomic E-state index is 0.0543. The molecule has 0 aromatic heterocycles. The zero-order valence-corrected chi connectivity index (χ0v) is 10.7. The minimum atomic E-state index is -0.807. The Balaban J connectivity index is 2.21. The van der Waals surface area contributed by atoms with Crippen molar-refractivity contribution in [2.75, 3.05) is 5.32 Å². The summed E-state index contributed by atoms with van der Waals surface area (Å²) in [6.07, 6.45) is 0. The zero-order chi connectivity index (χ0) is 13.1. The Kier molecular flexibility index (Phi) is 3.72. The van der Waals surface area contributed by atoms with Gasteiger partial charge in [-0.1, -0.05) is 22.0 Å². The quantitative estimate of drug-likeness (QED) is 0.893. The van der Waals surface area contributed by atoms with Gasteiger partial charge < -0.3 is 5.32 Å². The van der Waals surface area contributed by atoms with Gasteiger partial charge in [0.25, 0.3) is 5.91 Å². The van der Waals surface area contributed by atoms with Crippen LogP contribution in [0.4, 0.5) is 14.5 Å². The highest BCUT2D eigenvalue weighted by atomic mass is 79.9. The summed E-state index contributed by atoms with van der Waals surface area (Å²) in [7, 11) is 0. The molecular formula is C13H8BrF2NO. The van der Waals surface area contributed by atoms with Crippen LogP contribution in [-0.4, -0.2) is 5.91 Å². The molecule has 18 heavy (non-hydrogen) atoms. The lowest BCUT2D eigenvalue weighted by atomic mass is 10.2. The first-order chi connectivity index (χ1) is 8.56. The molecule has 5 heteroatoms. The van der Waals surface area contributed by atoms with E-state index >= 15 is 0 Å². The molecular weight excluding hydrogens is 304 g/mol. The molecule has 2 aromatic carbocycles. The molecule has 0 atom stereocenters. The molecule has 2 rings (SSSR count). The number of amides is 1. The van der Waals surface area contributed by atoms with Gasteiger partial charge in [0.2, 0.25) is 0 Å². The number of carbonyl (C=O) groups excluding carboxylic acids is 1. The third kappa shape index (κ3) is 2.92. The van der Waals surface area contributed by atoms with Crippen LogP contribution in [0, 0.1) is 11.6 Å². The highest BCUT2D eigenvalue weighted by molar-refractivity contribution is 9.10. The van der Waals surface area contributed by atoms with Crippen LogP contribution in [0.5, 0.6) is 0 Å². The molecule has 0 aliphatic heterocycles. The van der Waals surface area contributed by atoms with Gasteiger partial charge in [-0.25, -0.2) is 8.78 Å². The first-order valence-corrected chi connectivity index (χ1v) is 5.87. The van der Waals surface area contributed by atoms with Gasteiger partial charge in [0, 0.05) is 16.1 Å². The summed E-state index contributed by atoms with van der Waals surface area (Å²) in [6.45, 7) is 0. The molecule has 0 radical (unpaired) electrons. The van der Waals surface area contributed by atoms with Gasteiger partial charge in [-0.15, -0.1) is 0 Å². The van der Waals surface area contributed by atoms with Crippen molar-refractivity contribution in [2.45, 2.75) is 0 Å². The van der Waals surface area contributed by atoms with E-state index in [-0.39, 0.29) is 5.69 Å². The van der Waals surface area contributed by atoms with E-state index in [2.05, 4.69) is 21.2 Å². The van der Waals surface area contributed by atoms with Crippen molar-refractivity contribution in [3.8, 4) is 0 Å². The SMILES string of the molecule is O=C(Nc1ccc(F)cc1F)c1cccc(Br)c1. The van der Waals surface area contributed by atoms with Crippen molar-refractivity contribution >= 4 is 27.5 Å². The van der Waals surface area contributed by atoms with Gasteiger partial charge >= 0.3 is 0 Å². The van der Waals surface area contributed by atoms with E-state index < -0.39 is 17.5 Å². The van der Waals surface area contributed by atoms with E-state index in [1.807, 2.05) is 0 Å². The third-order valence-corrected chi connectivity index (χ3v) is 2.76. The van der Waals surface area contributed by atoms with Crippen molar-refractivity contribution < 1.29 is 13.6 Å². The fourth-order valence-corrected chi connectivity index (χ4v) is 1.81. The molecule has 2 aromatic rings. The van der Waals surface area contributed by atoms with Crippen LogP contribution in [-0.2, 0) is 0 Å². The van der Waals surface area contributed by atoms with Crippen molar-refractivity contribution in [3.63, 3.8) is 0 Å². The smallest absolute Gasteiger partial charge is 0.255 e. The topological polar surface area (TPSA) is 29.1 Å². The third-order valence-electron chi connectivity index (χ3n) is 2.27. The van der Waals surface area contributed by atoms with Crippen LogP contribution >= 0.6 is 15.9 Å². The Bertz CT molecular complexity index is 601. The average molecular weight is 312 g/mol. The van der Waals surface area contributed by atoms with Crippen LogP contribution in [0.2, 0.25) is 0 Å². The molecule has 0 saturated heterocycles. The van der Waals surface area contributed by atoms with E-state index in [1.54, 1.807) is 24.3 Å². The second kappa shape index (κ2) is 5.27. The second-order valence-electron chi connectivity index (χ2n) is 3.59. The Morgan fingerprint density at radius 1 is 1.11 bits per heavy atom. The number of carbonyl (C=O) groups is 1. The van der Waals surface area contributed by atoms with E-state index in [0.717, 1.165) is 16.6 Å².